The van der Waals surface area contributed by atoms with Crippen LogP contribution >= 0.6 is 11.6 Å². The highest BCUT2D eigenvalue weighted by molar-refractivity contribution is 6.30. The molecule has 2 aromatic rings. The van der Waals surface area contributed by atoms with Gasteiger partial charge in [-0.15, -0.1) is 0 Å². The van der Waals surface area contributed by atoms with Crippen LogP contribution in [0.2, 0.25) is 5.02 Å². The number of hydrogen-bond donors (Lipinski definition) is 1. The summed E-state index contributed by atoms with van der Waals surface area (Å²) in [6.07, 6.45) is 1.52. The van der Waals surface area contributed by atoms with Crippen LogP contribution in [0.1, 0.15) is 27.3 Å². The predicted octanol–water partition coefficient (Wildman–Crippen LogP) is 2.62. The first kappa shape index (κ1) is 14.8. The minimum absolute atomic E-state index is 0.322. The maximum atomic E-state index is 11.8. The van der Waals surface area contributed by atoms with Gasteiger partial charge in [0.05, 0.1) is 6.21 Å². The molecule has 6 heteroatoms. The molecule has 0 saturated carbocycles. The summed E-state index contributed by atoms with van der Waals surface area (Å²) in [4.78, 5) is 11.8. The molecular weight excluding hydrogens is 288 g/mol. The van der Waals surface area contributed by atoms with Gasteiger partial charge in [-0.1, -0.05) is 11.6 Å². The second kappa shape index (κ2) is 6.25. The molecule has 0 spiro atoms. The molecule has 1 heterocycles. The van der Waals surface area contributed by atoms with E-state index in [2.05, 4.69) is 16.6 Å². The van der Waals surface area contributed by atoms with E-state index in [1.165, 1.54) is 6.21 Å². The van der Waals surface area contributed by atoms with Gasteiger partial charge in [-0.2, -0.15) is 10.4 Å². The third-order valence-electron chi connectivity index (χ3n) is 3.17. The Morgan fingerprint density at radius 2 is 2.10 bits per heavy atom. The molecule has 0 atom stereocenters. The summed E-state index contributed by atoms with van der Waals surface area (Å²) in [6, 6.07) is 10.3. The Hall–Kier alpha value is -2.58. The number of rotatable bonds is 3. The molecule has 1 aromatic heterocycles. The number of nitriles is 1. The van der Waals surface area contributed by atoms with Crippen molar-refractivity contribution in [2.45, 2.75) is 6.92 Å². The van der Waals surface area contributed by atoms with E-state index in [0.717, 1.165) is 11.3 Å². The van der Waals surface area contributed by atoms with E-state index in [1.54, 1.807) is 41.9 Å². The van der Waals surface area contributed by atoms with Crippen molar-refractivity contribution in [2.75, 3.05) is 0 Å². The highest BCUT2D eigenvalue weighted by Crippen LogP contribution is 2.11. The summed E-state index contributed by atoms with van der Waals surface area (Å²) in [6.45, 7) is 1.88. The minimum Gasteiger partial charge on any atom is -0.339 e. The number of aromatic nitrogens is 1. The lowest BCUT2D eigenvalue weighted by molar-refractivity contribution is 0.0955. The normalized spacial score (nSPS) is 10.6. The van der Waals surface area contributed by atoms with Gasteiger partial charge >= 0.3 is 0 Å². The molecule has 0 bridgehead atoms. The summed E-state index contributed by atoms with van der Waals surface area (Å²) < 4.78 is 1.77. The fourth-order valence-corrected chi connectivity index (χ4v) is 1.91. The number of hydrazone groups is 1. The monoisotopic (exact) mass is 300 g/mol. The van der Waals surface area contributed by atoms with Crippen molar-refractivity contribution < 1.29 is 4.79 Å². The third kappa shape index (κ3) is 3.30. The van der Waals surface area contributed by atoms with Crippen LogP contribution in [-0.4, -0.2) is 16.7 Å². The van der Waals surface area contributed by atoms with Gasteiger partial charge in [-0.05, 0) is 37.3 Å². The molecule has 2 rings (SSSR count). The largest absolute Gasteiger partial charge is 0.339 e. The molecule has 1 aromatic carbocycles. The standard InChI is InChI=1S/C15H13ClN4O/c1-10-12(7-14(8-17)20(10)2)9-18-19-15(21)11-3-5-13(16)6-4-11/h3-7,9H,1-2H3,(H,19,21)/b18-9-. The van der Waals surface area contributed by atoms with Crippen LogP contribution in [0, 0.1) is 18.3 Å². The molecule has 106 valence electrons. The fourth-order valence-electron chi connectivity index (χ4n) is 1.79. The predicted molar refractivity (Wildman–Crippen MR) is 81.4 cm³/mol. The van der Waals surface area contributed by atoms with Crippen LogP contribution in [0.15, 0.2) is 35.4 Å². The summed E-state index contributed by atoms with van der Waals surface area (Å²) in [5.74, 6) is -0.322. The Kier molecular flexibility index (Phi) is 4.41. The number of carbonyl (C=O) groups is 1. The number of hydrogen-bond acceptors (Lipinski definition) is 3. The fraction of sp³-hybridized carbons (Fsp3) is 0.133. The molecule has 0 radical (unpaired) electrons. The Bertz CT molecular complexity index is 738. The lowest BCUT2D eigenvalue weighted by atomic mass is 10.2. The molecule has 1 amide bonds. The zero-order valence-electron chi connectivity index (χ0n) is 11.6. The van der Waals surface area contributed by atoms with Crippen molar-refractivity contribution in [1.29, 1.82) is 5.26 Å². The number of nitrogens with one attached hydrogen (secondary N) is 1. The van der Waals surface area contributed by atoms with Crippen molar-refractivity contribution in [3.05, 3.63) is 57.9 Å². The van der Waals surface area contributed by atoms with Gasteiger partial charge in [-0.3, -0.25) is 4.79 Å². The van der Waals surface area contributed by atoms with Gasteiger partial charge in [-0.25, -0.2) is 5.43 Å². The Balaban J connectivity index is 2.08. The van der Waals surface area contributed by atoms with Crippen LogP contribution in [0.25, 0.3) is 0 Å². The summed E-state index contributed by atoms with van der Waals surface area (Å²) in [5, 5.41) is 13.4. The Labute approximate surface area is 127 Å². The van der Waals surface area contributed by atoms with Crippen molar-refractivity contribution in [1.82, 2.24) is 9.99 Å². The molecule has 21 heavy (non-hydrogen) atoms. The highest BCUT2D eigenvalue weighted by atomic mass is 35.5. The number of amides is 1. The Morgan fingerprint density at radius 1 is 1.43 bits per heavy atom. The van der Waals surface area contributed by atoms with Crippen molar-refractivity contribution in [3.8, 4) is 6.07 Å². The first-order valence-corrected chi connectivity index (χ1v) is 6.56. The molecule has 1 N–H and O–H groups in total. The van der Waals surface area contributed by atoms with Gasteiger partial charge in [0.1, 0.15) is 11.8 Å². The number of nitrogens with zero attached hydrogens (tertiary/aromatic N) is 3. The van der Waals surface area contributed by atoms with Crippen LogP contribution in [0.5, 0.6) is 0 Å². The Morgan fingerprint density at radius 3 is 2.67 bits per heavy atom. The first-order chi connectivity index (χ1) is 10.0. The van der Waals surface area contributed by atoms with Gasteiger partial charge < -0.3 is 4.57 Å². The zero-order valence-corrected chi connectivity index (χ0v) is 12.3. The van der Waals surface area contributed by atoms with Gasteiger partial charge in [0.25, 0.3) is 5.91 Å². The zero-order chi connectivity index (χ0) is 15.4. The highest BCUT2D eigenvalue weighted by Gasteiger charge is 2.07. The maximum Gasteiger partial charge on any atom is 0.271 e. The number of carbonyl (C=O) groups excluding carboxylic acids is 1. The van der Waals surface area contributed by atoms with Crippen LogP contribution in [0.3, 0.4) is 0 Å². The molecule has 0 aliphatic rings. The minimum atomic E-state index is -0.322. The molecule has 0 aliphatic carbocycles. The van der Waals surface area contributed by atoms with Crippen molar-refractivity contribution in [3.63, 3.8) is 0 Å². The SMILES string of the molecule is Cc1c(/C=N\NC(=O)c2ccc(Cl)cc2)cc(C#N)n1C. The first-order valence-electron chi connectivity index (χ1n) is 6.18. The van der Waals surface area contributed by atoms with E-state index in [1.807, 2.05) is 6.92 Å². The lowest BCUT2D eigenvalue weighted by Gasteiger charge is -2.00. The quantitative estimate of drug-likeness (QED) is 0.699. The average molecular weight is 301 g/mol. The van der Waals surface area contributed by atoms with Crippen molar-refractivity contribution in [2.24, 2.45) is 12.1 Å². The van der Waals surface area contributed by atoms with Crippen LogP contribution in [0.4, 0.5) is 0 Å². The van der Waals surface area contributed by atoms with Crippen LogP contribution in [-0.2, 0) is 7.05 Å². The van der Waals surface area contributed by atoms with E-state index in [9.17, 15) is 4.79 Å². The van der Waals surface area contributed by atoms with E-state index in [-0.39, 0.29) is 5.91 Å². The molecule has 0 unspecified atom stereocenters. The number of halogens is 1. The smallest absolute Gasteiger partial charge is 0.271 e. The number of benzene rings is 1. The summed E-state index contributed by atoms with van der Waals surface area (Å²) in [7, 11) is 1.80. The van der Waals surface area contributed by atoms with E-state index in [0.29, 0.717) is 16.3 Å². The summed E-state index contributed by atoms with van der Waals surface area (Å²) >= 11 is 5.76. The van der Waals surface area contributed by atoms with Crippen molar-refractivity contribution >= 4 is 23.7 Å². The molecule has 0 aliphatic heterocycles. The topological polar surface area (TPSA) is 70.2 Å². The van der Waals surface area contributed by atoms with E-state index < -0.39 is 0 Å². The van der Waals surface area contributed by atoms with Gasteiger partial charge in [0.15, 0.2) is 0 Å². The lowest BCUT2D eigenvalue weighted by Crippen LogP contribution is -2.17. The second-order valence-electron chi connectivity index (χ2n) is 4.45. The van der Waals surface area contributed by atoms with E-state index >= 15 is 0 Å². The molecular formula is C15H13ClN4O. The van der Waals surface area contributed by atoms with E-state index in [4.69, 9.17) is 16.9 Å². The molecule has 5 nitrogen and oxygen atoms in total. The third-order valence-corrected chi connectivity index (χ3v) is 3.42. The summed E-state index contributed by atoms with van der Waals surface area (Å²) in [5.41, 5.74) is 5.13. The average Bonchev–Trinajstić information content (AvgIpc) is 2.75. The molecule has 0 fully saturated rings. The molecule has 0 saturated heterocycles. The van der Waals surface area contributed by atoms with Gasteiger partial charge in [0.2, 0.25) is 0 Å². The van der Waals surface area contributed by atoms with Crippen LogP contribution < -0.4 is 5.43 Å². The van der Waals surface area contributed by atoms with Gasteiger partial charge in [0, 0.05) is 28.9 Å². The second-order valence-corrected chi connectivity index (χ2v) is 4.88. The maximum absolute atomic E-state index is 11.8.